The second-order valence-electron chi connectivity index (χ2n) is 2.57. The molecular formula is C8H8N4S2. The van der Waals surface area contributed by atoms with Gasteiger partial charge in [0.25, 0.3) is 0 Å². The number of nitrogens with zero attached hydrogens (tertiary/aromatic N) is 3. The van der Waals surface area contributed by atoms with Gasteiger partial charge in [-0.1, -0.05) is 16.3 Å². The summed E-state index contributed by atoms with van der Waals surface area (Å²) >= 11 is 3.00. The fraction of sp³-hybridized carbons (Fsp3) is 0.125. The second kappa shape index (κ2) is 4.39. The largest absolute Gasteiger partial charge is 0.397 e. The maximum atomic E-state index is 5.75. The molecule has 6 heteroatoms. The van der Waals surface area contributed by atoms with E-state index in [0.717, 1.165) is 21.3 Å². The van der Waals surface area contributed by atoms with Crippen LogP contribution in [0.2, 0.25) is 0 Å². The van der Waals surface area contributed by atoms with E-state index in [2.05, 4.69) is 14.6 Å². The normalized spacial score (nSPS) is 10.3. The van der Waals surface area contributed by atoms with Crippen molar-refractivity contribution in [3.8, 4) is 0 Å². The molecule has 0 aliphatic rings. The van der Waals surface area contributed by atoms with E-state index in [-0.39, 0.29) is 0 Å². The Kier molecular flexibility index (Phi) is 2.95. The van der Waals surface area contributed by atoms with E-state index in [1.165, 1.54) is 11.5 Å². The highest BCUT2D eigenvalue weighted by Crippen LogP contribution is 2.25. The first-order valence-electron chi connectivity index (χ1n) is 3.96. The van der Waals surface area contributed by atoms with Gasteiger partial charge in [-0.3, -0.25) is 0 Å². The van der Waals surface area contributed by atoms with Crippen molar-refractivity contribution >= 4 is 29.0 Å². The molecule has 0 aliphatic carbocycles. The van der Waals surface area contributed by atoms with Gasteiger partial charge in [-0.25, -0.2) is 4.98 Å². The van der Waals surface area contributed by atoms with Crippen LogP contribution >= 0.6 is 23.3 Å². The van der Waals surface area contributed by atoms with Crippen molar-refractivity contribution in [1.29, 1.82) is 0 Å². The average Bonchev–Trinajstić information content (AvgIpc) is 2.69. The number of rotatable bonds is 3. The van der Waals surface area contributed by atoms with E-state index < -0.39 is 0 Å². The Morgan fingerprint density at radius 1 is 1.50 bits per heavy atom. The third kappa shape index (κ3) is 2.21. The highest BCUT2D eigenvalue weighted by molar-refractivity contribution is 7.98. The molecule has 0 saturated heterocycles. The number of hydrogen-bond acceptors (Lipinski definition) is 6. The monoisotopic (exact) mass is 224 g/mol. The molecule has 72 valence electrons. The molecule has 0 bridgehead atoms. The molecule has 0 spiro atoms. The molecule has 0 fully saturated rings. The maximum Gasteiger partial charge on any atom is 0.119 e. The Hall–Kier alpha value is -1.14. The summed E-state index contributed by atoms with van der Waals surface area (Å²) in [6.07, 6.45) is 3.50. The van der Waals surface area contributed by atoms with E-state index in [1.807, 2.05) is 12.1 Å². The van der Waals surface area contributed by atoms with Crippen LogP contribution < -0.4 is 5.73 Å². The molecule has 2 rings (SSSR count). The topological polar surface area (TPSA) is 64.7 Å². The van der Waals surface area contributed by atoms with Crippen LogP contribution in [0.3, 0.4) is 0 Å². The zero-order valence-electron chi connectivity index (χ0n) is 7.25. The lowest BCUT2D eigenvalue weighted by molar-refractivity contribution is 1.14. The van der Waals surface area contributed by atoms with Gasteiger partial charge in [0.2, 0.25) is 0 Å². The van der Waals surface area contributed by atoms with Crippen molar-refractivity contribution in [2.45, 2.75) is 10.8 Å². The Labute approximate surface area is 89.7 Å². The zero-order valence-corrected chi connectivity index (χ0v) is 8.88. The fourth-order valence-corrected chi connectivity index (χ4v) is 2.32. The number of hydrogen-bond donors (Lipinski definition) is 1. The molecule has 0 radical (unpaired) electrons. The molecular weight excluding hydrogens is 216 g/mol. The molecule has 2 N–H and O–H groups in total. The Morgan fingerprint density at radius 2 is 2.43 bits per heavy atom. The van der Waals surface area contributed by atoms with Gasteiger partial charge in [0.05, 0.1) is 16.8 Å². The molecule has 4 nitrogen and oxygen atoms in total. The Balaban J connectivity index is 2.02. The van der Waals surface area contributed by atoms with Crippen LogP contribution in [0, 0.1) is 0 Å². The van der Waals surface area contributed by atoms with Crippen LogP contribution in [0.1, 0.15) is 4.88 Å². The van der Waals surface area contributed by atoms with E-state index >= 15 is 0 Å². The van der Waals surface area contributed by atoms with Gasteiger partial charge in [0.1, 0.15) is 5.03 Å². The van der Waals surface area contributed by atoms with Crippen LogP contribution in [0.15, 0.2) is 29.6 Å². The zero-order chi connectivity index (χ0) is 9.80. The second-order valence-corrected chi connectivity index (χ2v) is 4.40. The Bertz CT molecular complexity index is 401. The van der Waals surface area contributed by atoms with Gasteiger partial charge in [-0.2, -0.15) is 0 Å². The summed E-state index contributed by atoms with van der Waals surface area (Å²) in [5, 5.41) is 4.62. The van der Waals surface area contributed by atoms with Crippen LogP contribution in [0.5, 0.6) is 0 Å². The molecule has 0 aliphatic heterocycles. The number of nitrogen functional groups attached to an aromatic ring is 1. The molecule has 0 atom stereocenters. The minimum absolute atomic E-state index is 0.718. The molecule has 2 aromatic rings. The summed E-state index contributed by atoms with van der Waals surface area (Å²) in [6.45, 7) is 0. The SMILES string of the molecule is Nc1cccnc1SCc1cnns1. The van der Waals surface area contributed by atoms with Crippen LogP contribution in [0.25, 0.3) is 0 Å². The highest BCUT2D eigenvalue weighted by Gasteiger charge is 2.02. The first-order valence-corrected chi connectivity index (χ1v) is 5.71. The summed E-state index contributed by atoms with van der Waals surface area (Å²) in [6, 6.07) is 3.67. The van der Waals surface area contributed by atoms with Gasteiger partial charge in [-0.15, -0.1) is 5.10 Å². The summed E-state index contributed by atoms with van der Waals surface area (Å²) < 4.78 is 3.78. The first-order chi connectivity index (χ1) is 6.86. The number of anilines is 1. The van der Waals surface area contributed by atoms with Crippen molar-refractivity contribution in [2.75, 3.05) is 5.73 Å². The van der Waals surface area contributed by atoms with Crippen LogP contribution in [-0.2, 0) is 5.75 Å². The minimum Gasteiger partial charge on any atom is -0.397 e. The summed E-state index contributed by atoms with van der Waals surface area (Å²) in [5.41, 5.74) is 6.47. The highest BCUT2D eigenvalue weighted by atomic mass is 32.2. The molecule has 2 heterocycles. The summed E-state index contributed by atoms with van der Waals surface area (Å²) in [7, 11) is 0. The smallest absolute Gasteiger partial charge is 0.119 e. The standard InChI is InChI=1S/C8H8N4S2/c9-7-2-1-3-10-8(7)13-5-6-4-11-12-14-6/h1-4H,5,9H2. The van der Waals surface area contributed by atoms with E-state index in [4.69, 9.17) is 5.73 Å². The number of pyridine rings is 1. The van der Waals surface area contributed by atoms with Gasteiger partial charge in [0.15, 0.2) is 0 Å². The number of aromatic nitrogens is 3. The minimum atomic E-state index is 0.718. The lowest BCUT2D eigenvalue weighted by atomic mass is 10.4. The predicted molar refractivity (Wildman–Crippen MR) is 58.1 cm³/mol. The molecule has 0 unspecified atom stereocenters. The average molecular weight is 224 g/mol. The maximum absolute atomic E-state index is 5.75. The third-order valence-electron chi connectivity index (χ3n) is 1.56. The number of thioether (sulfide) groups is 1. The predicted octanol–water partition coefficient (Wildman–Crippen LogP) is 1.81. The molecule has 14 heavy (non-hydrogen) atoms. The van der Waals surface area contributed by atoms with Crippen molar-refractivity contribution in [2.24, 2.45) is 0 Å². The fourth-order valence-electron chi connectivity index (χ4n) is 0.915. The summed E-state index contributed by atoms with van der Waals surface area (Å²) in [5.74, 6) is 0.818. The first kappa shape index (κ1) is 9.42. The quantitative estimate of drug-likeness (QED) is 0.805. The molecule has 0 saturated carbocycles. The Morgan fingerprint density at radius 3 is 3.14 bits per heavy atom. The summed E-state index contributed by atoms with van der Waals surface area (Å²) in [4.78, 5) is 5.30. The van der Waals surface area contributed by atoms with E-state index in [0.29, 0.717) is 0 Å². The molecule has 0 aromatic carbocycles. The van der Waals surface area contributed by atoms with Crippen LogP contribution in [-0.4, -0.2) is 14.6 Å². The third-order valence-corrected chi connectivity index (χ3v) is 3.47. The van der Waals surface area contributed by atoms with Crippen molar-refractivity contribution in [3.63, 3.8) is 0 Å². The van der Waals surface area contributed by atoms with E-state index in [9.17, 15) is 0 Å². The molecule has 2 aromatic heterocycles. The van der Waals surface area contributed by atoms with Crippen molar-refractivity contribution < 1.29 is 0 Å². The van der Waals surface area contributed by atoms with Crippen LogP contribution in [0.4, 0.5) is 5.69 Å². The van der Waals surface area contributed by atoms with Crippen molar-refractivity contribution in [1.82, 2.24) is 14.6 Å². The lowest BCUT2D eigenvalue weighted by Gasteiger charge is -2.00. The number of nitrogens with two attached hydrogens (primary N) is 1. The van der Waals surface area contributed by atoms with E-state index in [1.54, 1.807) is 24.2 Å². The lowest BCUT2D eigenvalue weighted by Crippen LogP contribution is -1.90. The van der Waals surface area contributed by atoms with Gasteiger partial charge in [0, 0.05) is 11.9 Å². The molecule has 0 amide bonds. The van der Waals surface area contributed by atoms with Crippen molar-refractivity contribution in [3.05, 3.63) is 29.4 Å². The van der Waals surface area contributed by atoms with Gasteiger partial charge in [-0.05, 0) is 23.7 Å². The van der Waals surface area contributed by atoms with Gasteiger partial charge < -0.3 is 5.73 Å². The van der Waals surface area contributed by atoms with Gasteiger partial charge >= 0.3 is 0 Å².